The van der Waals surface area contributed by atoms with Gasteiger partial charge in [-0.05, 0) is 36.4 Å². The third-order valence-electron chi connectivity index (χ3n) is 4.46. The molecule has 2 heterocycles. The Morgan fingerprint density at radius 3 is 2.52 bits per heavy atom. The number of nitrogens with zero attached hydrogens (tertiary/aromatic N) is 2. The Kier molecular flexibility index (Phi) is 5.71. The molecule has 31 heavy (non-hydrogen) atoms. The third-order valence-corrected chi connectivity index (χ3v) is 6.43. The average Bonchev–Trinajstić information content (AvgIpc) is 3.43. The van der Waals surface area contributed by atoms with E-state index < -0.39 is 9.84 Å². The number of methoxy groups -OCH3 is 2. The molecule has 0 N–H and O–H groups in total. The Hall–Kier alpha value is -3.30. The summed E-state index contributed by atoms with van der Waals surface area (Å²) in [5.41, 5.74) is 0.613. The van der Waals surface area contributed by atoms with Crippen molar-refractivity contribution < 1.29 is 26.8 Å². The van der Waals surface area contributed by atoms with Crippen molar-refractivity contribution in [2.45, 2.75) is 10.6 Å². The third kappa shape index (κ3) is 4.28. The number of halogens is 1. The summed E-state index contributed by atoms with van der Waals surface area (Å²) < 4.78 is 46.9. The van der Waals surface area contributed by atoms with Crippen LogP contribution in [0, 0.1) is 0 Å². The van der Waals surface area contributed by atoms with E-state index in [1.807, 2.05) is 0 Å². The van der Waals surface area contributed by atoms with Crippen LogP contribution in [0.5, 0.6) is 11.5 Å². The van der Waals surface area contributed by atoms with E-state index in [9.17, 15) is 8.42 Å². The van der Waals surface area contributed by atoms with E-state index in [1.165, 1.54) is 32.4 Å². The van der Waals surface area contributed by atoms with E-state index in [0.29, 0.717) is 27.9 Å². The van der Waals surface area contributed by atoms with Crippen molar-refractivity contribution in [3.63, 3.8) is 0 Å². The van der Waals surface area contributed by atoms with Crippen LogP contribution < -0.4 is 9.47 Å². The molecule has 0 amide bonds. The van der Waals surface area contributed by atoms with Gasteiger partial charge < -0.3 is 18.4 Å². The second kappa shape index (κ2) is 8.44. The summed E-state index contributed by atoms with van der Waals surface area (Å²) in [5.74, 6) is 1.30. The molecule has 0 radical (unpaired) electrons. The van der Waals surface area contributed by atoms with Crippen LogP contribution in [0.3, 0.4) is 0 Å². The van der Waals surface area contributed by atoms with Gasteiger partial charge in [-0.2, -0.15) is 4.98 Å². The molecule has 160 valence electrons. The molecule has 0 spiro atoms. The lowest BCUT2D eigenvalue weighted by Gasteiger charge is -2.09. The molecule has 2 aromatic carbocycles. The molecule has 0 bridgehead atoms. The van der Waals surface area contributed by atoms with E-state index in [4.69, 9.17) is 30.0 Å². The second-order valence-electron chi connectivity index (χ2n) is 6.44. The fourth-order valence-electron chi connectivity index (χ4n) is 2.93. The minimum Gasteiger partial charge on any atom is -0.493 e. The van der Waals surface area contributed by atoms with E-state index in [2.05, 4.69) is 10.1 Å². The highest BCUT2D eigenvalue weighted by Gasteiger charge is 2.22. The summed E-state index contributed by atoms with van der Waals surface area (Å²) in [7, 11) is -0.780. The smallest absolute Gasteiger partial charge is 0.293 e. The van der Waals surface area contributed by atoms with Crippen molar-refractivity contribution in [1.29, 1.82) is 0 Å². The first-order valence-corrected chi connectivity index (χ1v) is 11.1. The Bertz CT molecular complexity index is 1330. The van der Waals surface area contributed by atoms with Gasteiger partial charge in [0.05, 0.1) is 24.1 Å². The largest absolute Gasteiger partial charge is 0.493 e. The molecule has 0 saturated heterocycles. The summed E-state index contributed by atoms with van der Waals surface area (Å²) in [6.45, 7) is 0. The lowest BCUT2D eigenvalue weighted by Crippen LogP contribution is -2.05. The molecule has 8 nitrogen and oxygen atoms in total. The van der Waals surface area contributed by atoms with E-state index in [0.717, 1.165) is 0 Å². The van der Waals surface area contributed by atoms with Gasteiger partial charge in [0, 0.05) is 11.6 Å². The van der Waals surface area contributed by atoms with Gasteiger partial charge in [0.2, 0.25) is 5.82 Å². The molecule has 0 aliphatic heterocycles. The van der Waals surface area contributed by atoms with Crippen molar-refractivity contribution in [3.8, 4) is 34.5 Å². The molecule has 4 rings (SSSR count). The quantitative estimate of drug-likeness (QED) is 0.392. The highest BCUT2D eigenvalue weighted by molar-refractivity contribution is 7.90. The Morgan fingerprint density at radius 1 is 1.00 bits per heavy atom. The van der Waals surface area contributed by atoms with Crippen LogP contribution in [0.25, 0.3) is 23.0 Å². The minimum absolute atomic E-state index is 0.0851. The van der Waals surface area contributed by atoms with Gasteiger partial charge in [-0.1, -0.05) is 28.9 Å². The number of hydrogen-bond donors (Lipinski definition) is 0. The molecule has 0 aliphatic rings. The predicted molar refractivity (Wildman–Crippen MR) is 113 cm³/mol. The Morgan fingerprint density at radius 2 is 1.77 bits per heavy atom. The first-order valence-electron chi connectivity index (χ1n) is 9.04. The monoisotopic (exact) mass is 460 g/mol. The molecular formula is C21H17ClN2O6S. The van der Waals surface area contributed by atoms with Crippen LogP contribution in [0.4, 0.5) is 0 Å². The maximum absolute atomic E-state index is 12.8. The fraction of sp³-hybridized carbons (Fsp3) is 0.143. The lowest BCUT2D eigenvalue weighted by molar-refractivity contribution is 0.354. The topological polar surface area (TPSA) is 105 Å². The van der Waals surface area contributed by atoms with Gasteiger partial charge in [0.1, 0.15) is 11.5 Å². The molecular weight excluding hydrogens is 444 g/mol. The highest BCUT2D eigenvalue weighted by atomic mass is 35.5. The molecule has 0 saturated carbocycles. The molecule has 2 aromatic heterocycles. The van der Waals surface area contributed by atoms with Crippen LogP contribution in [-0.4, -0.2) is 32.8 Å². The van der Waals surface area contributed by atoms with E-state index in [1.54, 1.807) is 36.4 Å². The van der Waals surface area contributed by atoms with Crippen molar-refractivity contribution >= 4 is 21.4 Å². The first kappa shape index (κ1) is 21.0. The summed E-state index contributed by atoms with van der Waals surface area (Å²) >= 11 is 6.16. The van der Waals surface area contributed by atoms with Gasteiger partial charge in [-0.25, -0.2) is 8.42 Å². The molecule has 10 heteroatoms. The standard InChI is InChI=1S/C21H17ClN2O6S/c1-27-17-10-8-14(11-19(17)28-2)31(25,26)12-13-7-9-18(29-13)21-23-20(24-30-21)15-5-3-4-6-16(15)22/h3-11H,12H2,1-2H3. The van der Waals surface area contributed by atoms with E-state index >= 15 is 0 Å². The number of rotatable bonds is 7. The zero-order valence-electron chi connectivity index (χ0n) is 16.5. The number of aromatic nitrogens is 2. The number of ether oxygens (including phenoxy) is 2. The molecule has 4 aromatic rings. The van der Waals surface area contributed by atoms with Gasteiger partial charge in [-0.3, -0.25) is 0 Å². The summed E-state index contributed by atoms with van der Waals surface area (Å²) in [4.78, 5) is 4.37. The van der Waals surface area contributed by atoms with Gasteiger partial charge in [0.15, 0.2) is 27.1 Å². The number of sulfone groups is 1. The van der Waals surface area contributed by atoms with Gasteiger partial charge in [-0.15, -0.1) is 0 Å². The van der Waals surface area contributed by atoms with Crippen LogP contribution in [0.1, 0.15) is 5.76 Å². The Balaban J connectivity index is 1.56. The molecule has 0 fully saturated rings. The van der Waals surface area contributed by atoms with Gasteiger partial charge >= 0.3 is 0 Å². The Labute approximate surface area is 183 Å². The number of hydrogen-bond acceptors (Lipinski definition) is 8. The maximum Gasteiger partial charge on any atom is 0.293 e. The number of furan rings is 1. The summed E-state index contributed by atoms with van der Waals surface area (Å²) in [6.07, 6.45) is 0. The fourth-order valence-corrected chi connectivity index (χ4v) is 4.41. The van der Waals surface area contributed by atoms with E-state index in [-0.39, 0.29) is 28.1 Å². The summed E-state index contributed by atoms with van der Waals surface area (Å²) in [6, 6.07) is 14.6. The zero-order chi connectivity index (χ0) is 22.0. The number of benzene rings is 2. The van der Waals surface area contributed by atoms with Crippen LogP contribution in [-0.2, 0) is 15.6 Å². The second-order valence-corrected chi connectivity index (χ2v) is 8.84. The van der Waals surface area contributed by atoms with Crippen molar-refractivity contribution in [2.75, 3.05) is 14.2 Å². The molecule has 0 atom stereocenters. The lowest BCUT2D eigenvalue weighted by atomic mass is 10.2. The first-order chi connectivity index (χ1) is 14.9. The average molecular weight is 461 g/mol. The van der Waals surface area contributed by atoms with Gasteiger partial charge in [0.25, 0.3) is 5.89 Å². The van der Waals surface area contributed by atoms with Crippen LogP contribution >= 0.6 is 11.6 Å². The van der Waals surface area contributed by atoms with Crippen LogP contribution in [0.2, 0.25) is 5.02 Å². The summed E-state index contributed by atoms with van der Waals surface area (Å²) in [5, 5.41) is 4.40. The van der Waals surface area contributed by atoms with Crippen molar-refractivity contribution in [1.82, 2.24) is 10.1 Å². The predicted octanol–water partition coefficient (Wildman–Crippen LogP) is 4.64. The normalized spacial score (nSPS) is 11.5. The maximum atomic E-state index is 12.8. The van der Waals surface area contributed by atoms with Crippen LogP contribution in [0.15, 0.2) is 68.4 Å². The van der Waals surface area contributed by atoms with Crippen molar-refractivity contribution in [3.05, 3.63) is 65.4 Å². The highest BCUT2D eigenvalue weighted by Crippen LogP contribution is 2.32. The van der Waals surface area contributed by atoms with Crippen molar-refractivity contribution in [2.24, 2.45) is 0 Å². The SMILES string of the molecule is COc1ccc(S(=O)(=O)Cc2ccc(-c3nc(-c4ccccc4Cl)no3)o2)cc1OC. The minimum atomic E-state index is -3.70. The zero-order valence-corrected chi connectivity index (χ0v) is 18.1. The molecule has 0 aliphatic carbocycles. The molecule has 0 unspecified atom stereocenters.